The Hall–Kier alpha value is -1.64. The summed E-state index contributed by atoms with van der Waals surface area (Å²) < 4.78 is 31.9. The van der Waals surface area contributed by atoms with Crippen LogP contribution < -0.4 is 10.5 Å². The summed E-state index contributed by atoms with van der Waals surface area (Å²) in [5.41, 5.74) is 5.35. The fraction of sp³-hybridized carbons (Fsp3) is 0.417. The van der Waals surface area contributed by atoms with Crippen LogP contribution in [0.3, 0.4) is 0 Å². The molecule has 0 bridgehead atoms. The largest absolute Gasteiger partial charge is 0.478 e. The van der Waals surface area contributed by atoms with Crippen LogP contribution in [0.15, 0.2) is 23.1 Å². The van der Waals surface area contributed by atoms with Crippen molar-refractivity contribution in [3.05, 3.63) is 23.8 Å². The first-order valence-electron chi connectivity index (χ1n) is 6.10. The Morgan fingerprint density at radius 1 is 1.50 bits per heavy atom. The molecule has 7 nitrogen and oxygen atoms in total. The Morgan fingerprint density at radius 3 is 2.85 bits per heavy atom. The number of nitrogen functional groups attached to an aromatic ring is 1. The smallest absolute Gasteiger partial charge is 0.337 e. The van der Waals surface area contributed by atoms with E-state index in [1.165, 1.54) is 12.1 Å². The van der Waals surface area contributed by atoms with Gasteiger partial charge in [0.1, 0.15) is 0 Å². The highest BCUT2D eigenvalue weighted by atomic mass is 32.2. The van der Waals surface area contributed by atoms with Gasteiger partial charge in [-0.25, -0.2) is 17.9 Å². The van der Waals surface area contributed by atoms with Gasteiger partial charge in [0.15, 0.2) is 0 Å². The van der Waals surface area contributed by atoms with Crippen LogP contribution in [0, 0.1) is 5.92 Å². The second-order valence-electron chi connectivity index (χ2n) is 4.64. The number of rotatable bonds is 5. The van der Waals surface area contributed by atoms with Gasteiger partial charge in [0.2, 0.25) is 10.0 Å². The minimum atomic E-state index is -3.88. The maximum Gasteiger partial charge on any atom is 0.337 e. The molecule has 1 aromatic carbocycles. The van der Waals surface area contributed by atoms with E-state index in [-0.39, 0.29) is 28.6 Å². The third-order valence-corrected chi connectivity index (χ3v) is 4.59. The molecule has 1 aliphatic heterocycles. The van der Waals surface area contributed by atoms with Crippen molar-refractivity contribution in [1.82, 2.24) is 4.72 Å². The molecule has 1 aliphatic rings. The molecule has 0 radical (unpaired) electrons. The number of nitrogens with one attached hydrogen (secondary N) is 1. The number of hydrogen-bond acceptors (Lipinski definition) is 5. The topological polar surface area (TPSA) is 119 Å². The fourth-order valence-corrected chi connectivity index (χ4v) is 3.29. The van der Waals surface area contributed by atoms with Crippen LogP contribution in [-0.4, -0.2) is 39.3 Å². The van der Waals surface area contributed by atoms with E-state index in [1.807, 2.05) is 0 Å². The summed E-state index contributed by atoms with van der Waals surface area (Å²) in [6.07, 6.45) is 0.788. The molecule has 1 aromatic rings. The molecule has 0 aromatic heterocycles. The van der Waals surface area contributed by atoms with Gasteiger partial charge in [-0.15, -0.1) is 0 Å². The molecule has 1 fully saturated rings. The predicted molar refractivity (Wildman–Crippen MR) is 71.9 cm³/mol. The summed E-state index contributed by atoms with van der Waals surface area (Å²) in [4.78, 5) is 10.8. The Labute approximate surface area is 116 Å². The number of hydrogen-bond donors (Lipinski definition) is 3. The van der Waals surface area contributed by atoms with E-state index < -0.39 is 16.0 Å². The molecule has 0 spiro atoms. The van der Waals surface area contributed by atoms with Crippen molar-refractivity contribution < 1.29 is 23.1 Å². The Balaban J connectivity index is 2.22. The molecule has 1 heterocycles. The Kier molecular flexibility index (Phi) is 4.26. The van der Waals surface area contributed by atoms with Crippen LogP contribution in [-0.2, 0) is 14.8 Å². The van der Waals surface area contributed by atoms with Crippen molar-refractivity contribution in [2.75, 3.05) is 25.5 Å². The number of carbonyl (C=O) groups is 1. The standard InChI is InChI=1S/C12H16N2O5S/c13-9-1-2-11(10(5-9)12(15)16)20(17,18)14-6-8-3-4-19-7-8/h1-2,5,8,14H,3-4,6-7,13H2,(H,15,16). The second kappa shape index (κ2) is 5.78. The number of carboxylic acids is 1. The third kappa shape index (κ3) is 3.27. The van der Waals surface area contributed by atoms with Crippen molar-refractivity contribution in [1.29, 1.82) is 0 Å². The summed E-state index contributed by atoms with van der Waals surface area (Å²) in [5.74, 6) is -1.21. The van der Waals surface area contributed by atoms with E-state index in [9.17, 15) is 13.2 Å². The summed E-state index contributed by atoms with van der Waals surface area (Å²) in [5, 5.41) is 9.07. The molecular weight excluding hydrogens is 284 g/mol. The summed E-state index contributed by atoms with van der Waals surface area (Å²) in [6, 6.07) is 3.70. The predicted octanol–water partition coefficient (Wildman–Crippen LogP) is 0.282. The average Bonchev–Trinajstić information content (AvgIpc) is 2.89. The van der Waals surface area contributed by atoms with E-state index in [1.54, 1.807) is 0 Å². The lowest BCUT2D eigenvalue weighted by atomic mass is 10.1. The molecular formula is C12H16N2O5S. The van der Waals surface area contributed by atoms with Crippen LogP contribution in [0.2, 0.25) is 0 Å². The minimum absolute atomic E-state index is 0.117. The lowest BCUT2D eigenvalue weighted by Crippen LogP contribution is -2.30. The second-order valence-corrected chi connectivity index (χ2v) is 6.38. The van der Waals surface area contributed by atoms with Crippen LogP contribution in [0.1, 0.15) is 16.8 Å². The van der Waals surface area contributed by atoms with Gasteiger partial charge in [-0.3, -0.25) is 0 Å². The first-order chi connectivity index (χ1) is 9.40. The number of nitrogens with two attached hydrogens (primary N) is 1. The highest BCUT2D eigenvalue weighted by Gasteiger charge is 2.24. The van der Waals surface area contributed by atoms with Crippen molar-refractivity contribution in [2.45, 2.75) is 11.3 Å². The number of sulfonamides is 1. The van der Waals surface area contributed by atoms with Gasteiger partial charge >= 0.3 is 5.97 Å². The maximum absolute atomic E-state index is 12.2. The lowest BCUT2D eigenvalue weighted by Gasteiger charge is -2.12. The molecule has 0 amide bonds. The van der Waals surface area contributed by atoms with Gasteiger partial charge < -0.3 is 15.6 Å². The molecule has 0 aliphatic carbocycles. The highest BCUT2D eigenvalue weighted by molar-refractivity contribution is 7.89. The molecule has 1 unspecified atom stereocenters. The van der Waals surface area contributed by atoms with Gasteiger partial charge in [0.05, 0.1) is 17.1 Å². The van der Waals surface area contributed by atoms with Gasteiger partial charge in [0.25, 0.3) is 0 Å². The average molecular weight is 300 g/mol. The summed E-state index contributed by atoms with van der Waals surface area (Å²) >= 11 is 0. The van der Waals surface area contributed by atoms with Gasteiger partial charge in [-0.1, -0.05) is 0 Å². The Morgan fingerprint density at radius 2 is 2.25 bits per heavy atom. The van der Waals surface area contributed by atoms with Crippen LogP contribution >= 0.6 is 0 Å². The number of anilines is 1. The summed E-state index contributed by atoms with van der Waals surface area (Å²) in [6.45, 7) is 1.36. The van der Waals surface area contributed by atoms with Gasteiger partial charge in [0, 0.05) is 18.8 Å². The van der Waals surface area contributed by atoms with Crippen LogP contribution in [0.4, 0.5) is 5.69 Å². The monoisotopic (exact) mass is 300 g/mol. The first kappa shape index (κ1) is 14.8. The lowest BCUT2D eigenvalue weighted by molar-refractivity contribution is 0.0692. The van der Waals surface area contributed by atoms with Crippen molar-refractivity contribution in [2.24, 2.45) is 5.92 Å². The molecule has 20 heavy (non-hydrogen) atoms. The number of carboxylic acid groups (broad SMARTS) is 1. The van der Waals surface area contributed by atoms with E-state index in [0.717, 1.165) is 12.5 Å². The van der Waals surface area contributed by atoms with Gasteiger partial charge in [-0.2, -0.15) is 0 Å². The SMILES string of the molecule is Nc1ccc(S(=O)(=O)NCC2CCOC2)c(C(=O)O)c1. The molecule has 1 atom stereocenters. The van der Waals surface area contributed by atoms with E-state index >= 15 is 0 Å². The first-order valence-corrected chi connectivity index (χ1v) is 7.58. The Bertz CT molecular complexity index is 608. The zero-order chi connectivity index (χ0) is 14.8. The van der Waals surface area contributed by atoms with E-state index in [2.05, 4.69) is 4.72 Å². The minimum Gasteiger partial charge on any atom is -0.478 e. The van der Waals surface area contributed by atoms with Crippen molar-refractivity contribution in [3.63, 3.8) is 0 Å². The van der Waals surface area contributed by atoms with E-state index in [4.69, 9.17) is 15.6 Å². The highest BCUT2D eigenvalue weighted by Crippen LogP contribution is 2.20. The van der Waals surface area contributed by atoms with Crippen molar-refractivity contribution >= 4 is 21.7 Å². The van der Waals surface area contributed by atoms with E-state index in [0.29, 0.717) is 13.2 Å². The summed E-state index contributed by atoms with van der Waals surface area (Å²) in [7, 11) is -3.88. The quantitative estimate of drug-likeness (QED) is 0.672. The van der Waals surface area contributed by atoms with Crippen molar-refractivity contribution in [3.8, 4) is 0 Å². The number of ether oxygens (including phenoxy) is 1. The van der Waals surface area contributed by atoms with Gasteiger partial charge in [-0.05, 0) is 30.5 Å². The molecule has 0 saturated carbocycles. The third-order valence-electron chi connectivity index (χ3n) is 3.11. The molecule has 2 rings (SSSR count). The zero-order valence-corrected chi connectivity index (χ0v) is 11.5. The molecule has 110 valence electrons. The fourth-order valence-electron chi connectivity index (χ4n) is 2.00. The number of benzene rings is 1. The van der Waals surface area contributed by atoms with Crippen LogP contribution in [0.25, 0.3) is 0 Å². The molecule has 8 heteroatoms. The maximum atomic E-state index is 12.2. The molecule has 4 N–H and O–H groups in total. The zero-order valence-electron chi connectivity index (χ0n) is 10.7. The number of aromatic carboxylic acids is 1. The normalized spacial score (nSPS) is 19.1. The van der Waals surface area contributed by atoms with Crippen LogP contribution in [0.5, 0.6) is 0 Å². The molecule has 1 saturated heterocycles.